The number of halogens is 1. The van der Waals surface area contributed by atoms with Gasteiger partial charge in [-0.15, -0.1) is 0 Å². The van der Waals surface area contributed by atoms with Crippen LogP contribution in [0.25, 0.3) is 0 Å². The summed E-state index contributed by atoms with van der Waals surface area (Å²) in [6.07, 6.45) is 1.90. The van der Waals surface area contributed by atoms with Gasteiger partial charge in [0, 0.05) is 24.3 Å². The van der Waals surface area contributed by atoms with Crippen molar-refractivity contribution in [2.24, 2.45) is 10.7 Å². The Balaban J connectivity index is 1.65. The Morgan fingerprint density at radius 3 is 2.67 bits per heavy atom. The van der Waals surface area contributed by atoms with E-state index in [-0.39, 0.29) is 22.8 Å². The van der Waals surface area contributed by atoms with Crippen LogP contribution in [0, 0.1) is 5.82 Å². The highest BCUT2D eigenvalue weighted by atomic mass is 32.3. The van der Waals surface area contributed by atoms with E-state index < -0.39 is 32.6 Å². The molecule has 1 unspecified atom stereocenters. The average molecular weight is 478 g/mol. The van der Waals surface area contributed by atoms with Gasteiger partial charge in [0.15, 0.2) is 0 Å². The van der Waals surface area contributed by atoms with Gasteiger partial charge >= 0.3 is 0 Å². The number of nitrogens with zero attached hydrogens (tertiary/aromatic N) is 3. The standard InChI is InChI=1S/C22H28FN5O4S/c1-21(13-33(30,31)22(20(24)27-21)8-9-28(2)12-22)16-10-14(4-6-17(16)23)26-19(29)18-7-5-15(32-3)11-25-18/h4-7,10-11,30-31H,8-9,12-13H2,1-3H3,(H2,24,27)(H,26,29)/t21-,22?/m0/s1. The number of nitrogens with two attached hydrogens (primary N) is 1. The SMILES string of the molecule is COc1ccc(C(=O)Nc2ccc(F)c([C@]3(C)CS(O)(O)C4(CCN(C)C4)C(N)=N3)c2)nc1. The average Bonchev–Trinajstić information content (AvgIpc) is 3.17. The van der Waals surface area contributed by atoms with E-state index in [1.165, 1.54) is 37.6 Å². The summed E-state index contributed by atoms with van der Waals surface area (Å²) in [6, 6.07) is 7.20. The number of amides is 1. The maximum Gasteiger partial charge on any atom is 0.274 e. The summed E-state index contributed by atoms with van der Waals surface area (Å²) in [5.74, 6) is -0.588. The number of aromatic nitrogens is 1. The van der Waals surface area contributed by atoms with Gasteiger partial charge in [-0.1, -0.05) is 0 Å². The molecule has 1 spiro atoms. The Bertz CT molecular complexity index is 1110. The van der Waals surface area contributed by atoms with Crippen LogP contribution in [0.15, 0.2) is 41.5 Å². The summed E-state index contributed by atoms with van der Waals surface area (Å²) in [6.45, 7) is 2.67. The molecule has 1 fully saturated rings. The molecule has 9 nitrogen and oxygen atoms in total. The molecule has 1 saturated heterocycles. The highest BCUT2D eigenvalue weighted by Gasteiger charge is 2.57. The predicted octanol–water partition coefficient (Wildman–Crippen LogP) is 2.89. The first-order chi connectivity index (χ1) is 15.5. The van der Waals surface area contributed by atoms with Gasteiger partial charge in [0.1, 0.15) is 33.4 Å². The molecule has 3 heterocycles. The smallest absolute Gasteiger partial charge is 0.274 e. The number of hydrogen-bond acceptors (Lipinski definition) is 8. The van der Waals surface area contributed by atoms with Crippen molar-refractivity contribution in [2.45, 2.75) is 23.6 Å². The molecular formula is C22H28FN5O4S. The zero-order valence-electron chi connectivity index (χ0n) is 18.7. The number of benzene rings is 1. The van der Waals surface area contributed by atoms with Gasteiger partial charge in [-0.2, -0.15) is 10.6 Å². The molecule has 4 rings (SSSR count). The Labute approximate surface area is 193 Å². The molecule has 5 N–H and O–H groups in total. The number of rotatable bonds is 4. The van der Waals surface area contributed by atoms with Crippen molar-refractivity contribution < 1.29 is 23.0 Å². The largest absolute Gasteiger partial charge is 0.495 e. The summed E-state index contributed by atoms with van der Waals surface area (Å²) in [4.78, 5) is 23.2. The maximum absolute atomic E-state index is 14.9. The quantitative estimate of drug-likeness (QED) is 0.532. The second-order valence-electron chi connectivity index (χ2n) is 8.80. The fourth-order valence-corrected chi connectivity index (χ4v) is 7.03. The summed E-state index contributed by atoms with van der Waals surface area (Å²) >= 11 is 0. The van der Waals surface area contributed by atoms with E-state index in [0.29, 0.717) is 30.9 Å². The van der Waals surface area contributed by atoms with E-state index in [1.54, 1.807) is 13.0 Å². The van der Waals surface area contributed by atoms with Gasteiger partial charge in [-0.3, -0.25) is 18.9 Å². The van der Waals surface area contributed by atoms with Crippen molar-refractivity contribution in [3.8, 4) is 5.75 Å². The molecule has 2 aliphatic rings. The Hall–Kier alpha value is -2.73. The van der Waals surface area contributed by atoms with Crippen LogP contribution in [-0.2, 0) is 5.54 Å². The van der Waals surface area contributed by atoms with Gasteiger partial charge in [0.05, 0.1) is 19.1 Å². The summed E-state index contributed by atoms with van der Waals surface area (Å²) < 4.78 is 41.3. The second kappa shape index (κ2) is 8.24. The number of anilines is 1. The lowest BCUT2D eigenvalue weighted by molar-refractivity contribution is 0.102. The first kappa shape index (κ1) is 23.4. The molecule has 33 heavy (non-hydrogen) atoms. The van der Waals surface area contributed by atoms with Crippen molar-refractivity contribution in [2.75, 3.05) is 38.3 Å². The van der Waals surface area contributed by atoms with Gasteiger partial charge in [-0.25, -0.2) is 9.37 Å². The third-order valence-electron chi connectivity index (χ3n) is 6.37. The topological polar surface area (TPSA) is 133 Å². The van der Waals surface area contributed by atoms with Crippen molar-refractivity contribution in [3.63, 3.8) is 0 Å². The predicted molar refractivity (Wildman–Crippen MR) is 127 cm³/mol. The number of pyridine rings is 1. The minimum Gasteiger partial charge on any atom is -0.495 e. The van der Waals surface area contributed by atoms with Crippen LogP contribution in [0.4, 0.5) is 10.1 Å². The number of hydrogen-bond donors (Lipinski definition) is 4. The van der Waals surface area contributed by atoms with Crippen LogP contribution in [-0.4, -0.2) is 68.5 Å². The molecule has 1 amide bonds. The van der Waals surface area contributed by atoms with Crippen molar-refractivity contribution in [1.82, 2.24) is 9.88 Å². The maximum atomic E-state index is 14.9. The zero-order chi connectivity index (χ0) is 24.0. The van der Waals surface area contributed by atoms with Gasteiger partial charge in [0.2, 0.25) is 0 Å². The molecule has 2 atom stereocenters. The van der Waals surface area contributed by atoms with E-state index in [4.69, 9.17) is 10.5 Å². The second-order valence-corrected chi connectivity index (χ2v) is 11.2. The Kier molecular flexibility index (Phi) is 5.85. The molecule has 11 heteroatoms. The van der Waals surface area contributed by atoms with Crippen molar-refractivity contribution in [1.29, 1.82) is 0 Å². The number of carbonyl (C=O) groups excluding carboxylic acids is 1. The number of amidine groups is 1. The molecule has 1 aromatic carbocycles. The molecule has 1 aromatic heterocycles. The van der Waals surface area contributed by atoms with Crippen LogP contribution < -0.4 is 15.8 Å². The Morgan fingerprint density at radius 1 is 1.33 bits per heavy atom. The van der Waals surface area contributed by atoms with Crippen molar-refractivity contribution >= 4 is 28.0 Å². The number of aliphatic imine (C=N–C) groups is 1. The first-order valence-electron chi connectivity index (χ1n) is 10.4. The lowest BCUT2D eigenvalue weighted by atomic mass is 9.92. The Morgan fingerprint density at radius 2 is 2.09 bits per heavy atom. The minimum atomic E-state index is -3.24. The normalized spacial score (nSPS) is 27.8. The number of nitrogens with one attached hydrogen (secondary N) is 1. The lowest BCUT2D eigenvalue weighted by Crippen LogP contribution is -2.56. The fraction of sp³-hybridized carbons (Fsp3) is 0.409. The highest BCUT2D eigenvalue weighted by Crippen LogP contribution is 2.62. The summed E-state index contributed by atoms with van der Waals surface area (Å²) in [5.41, 5.74) is 5.60. The van der Waals surface area contributed by atoms with Crippen LogP contribution in [0.5, 0.6) is 5.75 Å². The fourth-order valence-electron chi connectivity index (χ4n) is 4.52. The minimum absolute atomic E-state index is 0.118. The van der Waals surface area contributed by atoms with Crippen LogP contribution in [0.3, 0.4) is 0 Å². The molecule has 0 bridgehead atoms. The molecule has 0 radical (unpaired) electrons. The van der Waals surface area contributed by atoms with Crippen molar-refractivity contribution in [3.05, 3.63) is 53.6 Å². The van der Waals surface area contributed by atoms with Crippen LogP contribution >= 0.6 is 10.6 Å². The molecule has 2 aliphatic heterocycles. The zero-order valence-corrected chi connectivity index (χ0v) is 19.5. The number of carbonyl (C=O) groups is 1. The highest BCUT2D eigenvalue weighted by molar-refractivity contribution is 8.26. The third-order valence-corrected chi connectivity index (χ3v) is 9.13. The van der Waals surface area contributed by atoms with Gasteiger partial charge in [-0.05, 0) is 50.7 Å². The summed E-state index contributed by atoms with van der Waals surface area (Å²) in [5, 5.41) is 2.69. The molecule has 2 aromatic rings. The van der Waals surface area contributed by atoms with E-state index >= 15 is 0 Å². The third kappa shape index (κ3) is 4.05. The monoisotopic (exact) mass is 477 g/mol. The van der Waals surface area contributed by atoms with Crippen LogP contribution in [0.2, 0.25) is 0 Å². The lowest BCUT2D eigenvalue weighted by Gasteiger charge is -2.54. The number of likely N-dealkylation sites (tertiary alicyclic amines) is 1. The van der Waals surface area contributed by atoms with E-state index in [0.717, 1.165) is 0 Å². The summed E-state index contributed by atoms with van der Waals surface area (Å²) in [7, 11) is 0.147. The van der Waals surface area contributed by atoms with E-state index in [9.17, 15) is 18.3 Å². The molecule has 0 saturated carbocycles. The number of methoxy groups -OCH3 is 1. The van der Waals surface area contributed by atoms with Gasteiger partial charge in [0.25, 0.3) is 5.91 Å². The van der Waals surface area contributed by atoms with Gasteiger partial charge < -0.3 is 20.7 Å². The molecular weight excluding hydrogens is 449 g/mol. The molecule has 0 aliphatic carbocycles. The number of ether oxygens (including phenoxy) is 1. The van der Waals surface area contributed by atoms with E-state index in [2.05, 4.69) is 15.3 Å². The van der Waals surface area contributed by atoms with Crippen LogP contribution in [0.1, 0.15) is 29.4 Å². The van der Waals surface area contributed by atoms with E-state index in [1.807, 2.05) is 11.9 Å². The molecule has 178 valence electrons. The first-order valence-corrected chi connectivity index (χ1v) is 12.1.